The van der Waals surface area contributed by atoms with Crippen molar-refractivity contribution >= 4 is 39.7 Å². The van der Waals surface area contributed by atoms with Crippen LogP contribution in [0.1, 0.15) is 10.4 Å². The Kier molecular flexibility index (Phi) is 5.79. The Hall–Kier alpha value is -2.52. The number of rotatable bonds is 7. The third-order valence-electron chi connectivity index (χ3n) is 3.30. The van der Waals surface area contributed by atoms with Gasteiger partial charge < -0.3 is 10.1 Å². The van der Waals surface area contributed by atoms with Crippen LogP contribution in [0.3, 0.4) is 0 Å². The molecule has 26 heavy (non-hydrogen) atoms. The number of ketones is 1. The second kappa shape index (κ2) is 8.24. The number of benzene rings is 2. The van der Waals surface area contributed by atoms with Gasteiger partial charge >= 0.3 is 0 Å². The number of hydrogen-bond donors (Lipinski definition) is 1. The van der Waals surface area contributed by atoms with E-state index in [1.165, 1.54) is 11.3 Å². The first-order valence-corrected chi connectivity index (χ1v) is 9.21. The fraction of sp³-hybridized carbons (Fsp3) is 0.118. The average Bonchev–Trinajstić information content (AvgIpc) is 3.09. The zero-order chi connectivity index (χ0) is 18.5. The van der Waals surface area contributed by atoms with Gasteiger partial charge in [0.25, 0.3) is 0 Å². The maximum atomic E-state index is 13.6. The van der Waals surface area contributed by atoms with E-state index in [0.29, 0.717) is 9.47 Å². The Morgan fingerprint density at radius 2 is 1.96 bits per heavy atom. The van der Waals surface area contributed by atoms with Gasteiger partial charge in [-0.25, -0.2) is 8.78 Å². The van der Waals surface area contributed by atoms with Crippen LogP contribution in [-0.4, -0.2) is 28.8 Å². The van der Waals surface area contributed by atoms with Gasteiger partial charge in [0.1, 0.15) is 17.4 Å². The standard InChI is InChI=1S/C17H13F2N3O2S2/c1-24-12-5-3-11(4-6-12)20-16-21-22-17(26-16)25-9-15(23)13-8-10(18)2-7-14(13)19/h2-8H,9H2,1H3,(H,20,21). The van der Waals surface area contributed by atoms with E-state index in [4.69, 9.17) is 4.74 Å². The number of nitrogens with one attached hydrogen (secondary N) is 1. The number of hydrogen-bond acceptors (Lipinski definition) is 7. The summed E-state index contributed by atoms with van der Waals surface area (Å²) in [6.07, 6.45) is 0. The lowest BCUT2D eigenvalue weighted by Crippen LogP contribution is -2.05. The van der Waals surface area contributed by atoms with Gasteiger partial charge in [-0.2, -0.15) is 0 Å². The van der Waals surface area contributed by atoms with Crippen LogP contribution in [-0.2, 0) is 0 Å². The van der Waals surface area contributed by atoms with Gasteiger partial charge in [0.2, 0.25) is 5.13 Å². The predicted molar refractivity (Wildman–Crippen MR) is 97.6 cm³/mol. The van der Waals surface area contributed by atoms with Gasteiger partial charge in [0.05, 0.1) is 18.4 Å². The van der Waals surface area contributed by atoms with Crippen molar-refractivity contribution in [2.24, 2.45) is 0 Å². The van der Waals surface area contributed by atoms with Gasteiger partial charge in [-0.05, 0) is 42.5 Å². The van der Waals surface area contributed by atoms with Gasteiger partial charge in [-0.15, -0.1) is 10.2 Å². The van der Waals surface area contributed by atoms with Crippen molar-refractivity contribution < 1.29 is 18.3 Å². The fourth-order valence-electron chi connectivity index (χ4n) is 2.03. The van der Waals surface area contributed by atoms with Crippen LogP contribution in [0.25, 0.3) is 0 Å². The van der Waals surface area contributed by atoms with Crippen LogP contribution in [0, 0.1) is 11.6 Å². The minimum Gasteiger partial charge on any atom is -0.497 e. The predicted octanol–water partition coefficient (Wildman–Crippen LogP) is 4.54. The summed E-state index contributed by atoms with van der Waals surface area (Å²) in [5.74, 6) is -1.21. The second-order valence-electron chi connectivity index (χ2n) is 5.06. The Morgan fingerprint density at radius 1 is 1.19 bits per heavy atom. The minimum atomic E-state index is -0.740. The maximum absolute atomic E-state index is 13.6. The molecule has 0 bridgehead atoms. The van der Waals surface area contributed by atoms with Crippen LogP contribution in [0.2, 0.25) is 0 Å². The molecule has 3 aromatic rings. The van der Waals surface area contributed by atoms with Crippen molar-refractivity contribution in [1.29, 1.82) is 0 Å². The van der Waals surface area contributed by atoms with E-state index in [9.17, 15) is 13.6 Å². The van der Waals surface area contributed by atoms with Gasteiger partial charge in [-0.1, -0.05) is 23.1 Å². The summed E-state index contributed by atoms with van der Waals surface area (Å²) in [5, 5.41) is 11.6. The van der Waals surface area contributed by atoms with Crippen LogP contribution in [0.4, 0.5) is 19.6 Å². The number of carbonyl (C=O) groups excluding carboxylic acids is 1. The highest BCUT2D eigenvalue weighted by Gasteiger charge is 2.15. The van der Waals surface area contributed by atoms with E-state index < -0.39 is 17.4 Å². The molecule has 0 amide bonds. The SMILES string of the molecule is COc1ccc(Nc2nnc(SCC(=O)c3cc(F)ccc3F)s2)cc1. The summed E-state index contributed by atoms with van der Waals surface area (Å²) >= 11 is 2.38. The maximum Gasteiger partial charge on any atom is 0.210 e. The van der Waals surface area contributed by atoms with E-state index in [1.807, 2.05) is 24.3 Å². The molecule has 9 heteroatoms. The van der Waals surface area contributed by atoms with Crippen molar-refractivity contribution in [2.75, 3.05) is 18.2 Å². The van der Waals surface area contributed by atoms with Gasteiger partial charge in [-0.3, -0.25) is 4.79 Å². The van der Waals surface area contributed by atoms with Crippen molar-refractivity contribution in [1.82, 2.24) is 10.2 Å². The number of halogens is 2. The average molecular weight is 393 g/mol. The quantitative estimate of drug-likeness (QED) is 0.470. The number of methoxy groups -OCH3 is 1. The lowest BCUT2D eigenvalue weighted by molar-refractivity contribution is 0.101. The van der Waals surface area contributed by atoms with E-state index in [1.54, 1.807) is 7.11 Å². The minimum absolute atomic E-state index is 0.0580. The summed E-state index contributed by atoms with van der Waals surface area (Å²) in [6.45, 7) is 0. The van der Waals surface area contributed by atoms with Crippen molar-refractivity contribution in [3.05, 3.63) is 59.7 Å². The Morgan fingerprint density at radius 3 is 2.69 bits per heavy atom. The third-order valence-corrected chi connectivity index (χ3v) is 5.28. The number of Topliss-reactive ketones (excluding diaryl/α,β-unsaturated/α-hetero) is 1. The number of ether oxygens (including phenoxy) is 1. The third kappa shape index (κ3) is 4.55. The van der Waals surface area contributed by atoms with E-state index in [2.05, 4.69) is 15.5 Å². The lowest BCUT2D eigenvalue weighted by Gasteiger charge is -2.03. The highest BCUT2D eigenvalue weighted by atomic mass is 32.2. The summed E-state index contributed by atoms with van der Waals surface area (Å²) in [7, 11) is 1.59. The molecule has 134 valence electrons. The molecule has 0 fully saturated rings. The molecule has 0 saturated carbocycles. The highest BCUT2D eigenvalue weighted by molar-refractivity contribution is 8.01. The molecular weight excluding hydrogens is 380 g/mol. The van der Waals surface area contributed by atoms with E-state index in [0.717, 1.165) is 41.4 Å². The van der Waals surface area contributed by atoms with Crippen molar-refractivity contribution in [2.45, 2.75) is 4.34 Å². The molecule has 1 heterocycles. The smallest absolute Gasteiger partial charge is 0.210 e. The molecule has 0 aliphatic rings. The first-order valence-electron chi connectivity index (χ1n) is 7.41. The molecule has 0 aliphatic heterocycles. The summed E-state index contributed by atoms with van der Waals surface area (Å²) in [5.41, 5.74) is 0.551. The Bertz CT molecular complexity index is 917. The zero-order valence-corrected chi connectivity index (χ0v) is 15.2. The fourth-order valence-corrected chi connectivity index (χ4v) is 3.69. The zero-order valence-electron chi connectivity index (χ0n) is 13.5. The van der Waals surface area contributed by atoms with Crippen LogP contribution in [0.15, 0.2) is 46.8 Å². The topological polar surface area (TPSA) is 64.1 Å². The molecule has 0 unspecified atom stereocenters. The summed E-state index contributed by atoms with van der Waals surface area (Å²) in [4.78, 5) is 12.1. The highest BCUT2D eigenvalue weighted by Crippen LogP contribution is 2.29. The molecule has 0 radical (unpaired) electrons. The largest absolute Gasteiger partial charge is 0.497 e. The van der Waals surface area contributed by atoms with E-state index in [-0.39, 0.29) is 11.3 Å². The lowest BCUT2D eigenvalue weighted by atomic mass is 10.1. The van der Waals surface area contributed by atoms with Crippen molar-refractivity contribution in [3.63, 3.8) is 0 Å². The van der Waals surface area contributed by atoms with Crippen LogP contribution >= 0.6 is 23.1 Å². The molecule has 0 atom stereocenters. The summed E-state index contributed by atoms with van der Waals surface area (Å²) in [6, 6.07) is 10.1. The van der Waals surface area contributed by atoms with Gasteiger partial charge in [0, 0.05) is 5.69 Å². The molecule has 2 aromatic carbocycles. The number of anilines is 2. The molecule has 0 saturated heterocycles. The molecule has 0 spiro atoms. The second-order valence-corrected chi connectivity index (χ2v) is 7.26. The Labute approximate surface area is 156 Å². The number of thioether (sulfide) groups is 1. The molecule has 0 aliphatic carbocycles. The molecule has 3 rings (SSSR count). The van der Waals surface area contributed by atoms with E-state index >= 15 is 0 Å². The monoisotopic (exact) mass is 393 g/mol. The molecule has 5 nitrogen and oxygen atoms in total. The Balaban J connectivity index is 1.59. The van der Waals surface area contributed by atoms with Gasteiger partial charge in [0.15, 0.2) is 10.1 Å². The summed E-state index contributed by atoms with van der Waals surface area (Å²) < 4.78 is 32.4. The van der Waals surface area contributed by atoms with Crippen LogP contribution < -0.4 is 10.1 Å². The molecular formula is C17H13F2N3O2S2. The number of carbonyl (C=O) groups is 1. The van der Waals surface area contributed by atoms with Crippen molar-refractivity contribution in [3.8, 4) is 5.75 Å². The first kappa shape index (κ1) is 18.3. The normalized spacial score (nSPS) is 10.6. The van der Waals surface area contributed by atoms with Crippen LogP contribution in [0.5, 0.6) is 5.75 Å². The molecule has 1 aromatic heterocycles. The first-order chi connectivity index (χ1) is 12.5. The molecule has 1 N–H and O–H groups in total. The number of nitrogens with zero attached hydrogens (tertiary/aromatic N) is 2. The number of aromatic nitrogens is 2.